The topological polar surface area (TPSA) is 18.8 Å². The number of nitrogens with zero attached hydrogens (tertiary/aromatic N) is 3. The van der Waals surface area contributed by atoms with E-state index in [1.807, 2.05) is 7.05 Å². The zero-order valence-corrected chi connectivity index (χ0v) is 11.8. The summed E-state index contributed by atoms with van der Waals surface area (Å²) >= 11 is 0. The van der Waals surface area contributed by atoms with Gasteiger partial charge in [-0.2, -0.15) is 5.10 Å². The van der Waals surface area contributed by atoms with Crippen molar-refractivity contribution in [1.29, 1.82) is 0 Å². The summed E-state index contributed by atoms with van der Waals surface area (Å²) in [5.41, 5.74) is 1.02. The molecule has 0 aromatic rings. The summed E-state index contributed by atoms with van der Waals surface area (Å²) in [5, 5.41) is 5.84. The number of likely N-dealkylation sites (N-methyl/N-ethyl adjacent to an activating group) is 1. The zero-order valence-electron chi connectivity index (χ0n) is 11.8. The van der Waals surface area contributed by atoms with Gasteiger partial charge in [-0.05, 0) is 37.9 Å². The number of hydrogen-bond donors (Lipinski definition) is 0. The molecule has 98 valence electrons. The quantitative estimate of drug-likeness (QED) is 0.453. The van der Waals surface area contributed by atoms with E-state index in [0.717, 1.165) is 24.6 Å². The van der Waals surface area contributed by atoms with E-state index >= 15 is 0 Å². The molecule has 0 aromatic carbocycles. The maximum atomic E-state index is 4.17. The third-order valence-electron chi connectivity index (χ3n) is 2.48. The van der Waals surface area contributed by atoms with Gasteiger partial charge in [0.05, 0.1) is 6.21 Å². The van der Waals surface area contributed by atoms with Crippen LogP contribution in [0.4, 0.5) is 0 Å². The molecule has 0 aliphatic carbocycles. The molecule has 0 saturated carbocycles. The summed E-state index contributed by atoms with van der Waals surface area (Å²) in [7, 11) is 3.97. The minimum atomic E-state index is 0.786. The summed E-state index contributed by atoms with van der Waals surface area (Å²) in [6, 6.07) is 0. The molecule has 0 atom stereocenters. The summed E-state index contributed by atoms with van der Waals surface area (Å²) in [5.74, 6) is 0.786. The van der Waals surface area contributed by atoms with Crippen LogP contribution in [0.5, 0.6) is 0 Å². The van der Waals surface area contributed by atoms with Crippen molar-refractivity contribution in [1.82, 2.24) is 9.91 Å². The van der Waals surface area contributed by atoms with Crippen LogP contribution in [-0.4, -0.2) is 43.3 Å². The average molecular weight is 237 g/mol. The Hall–Kier alpha value is -1.09. The van der Waals surface area contributed by atoms with Crippen LogP contribution in [-0.2, 0) is 0 Å². The molecule has 3 nitrogen and oxygen atoms in total. The highest BCUT2D eigenvalue weighted by Gasteiger charge is 2.01. The SMILES string of the molecule is C=CN(C)/N=C\C(=C)CN(C)CCCC(C)C. The van der Waals surface area contributed by atoms with Gasteiger partial charge in [-0.25, -0.2) is 0 Å². The molecular formula is C14H27N3. The molecule has 0 aromatic heterocycles. The molecule has 0 radical (unpaired) electrons. The first kappa shape index (κ1) is 15.9. The lowest BCUT2D eigenvalue weighted by Crippen LogP contribution is -2.23. The molecule has 0 unspecified atom stereocenters. The molecule has 0 fully saturated rings. The molecular weight excluding hydrogens is 210 g/mol. The minimum absolute atomic E-state index is 0.786. The van der Waals surface area contributed by atoms with E-state index in [4.69, 9.17) is 0 Å². The highest BCUT2D eigenvalue weighted by molar-refractivity contribution is 5.77. The third kappa shape index (κ3) is 9.82. The Labute approximate surface area is 106 Å². The van der Waals surface area contributed by atoms with E-state index in [1.165, 1.54) is 12.8 Å². The maximum Gasteiger partial charge on any atom is 0.0513 e. The number of hydrogen-bond acceptors (Lipinski definition) is 3. The lowest BCUT2D eigenvalue weighted by Gasteiger charge is -2.17. The van der Waals surface area contributed by atoms with E-state index in [0.29, 0.717) is 0 Å². The molecule has 0 amide bonds. The van der Waals surface area contributed by atoms with Crippen LogP contribution in [0.1, 0.15) is 26.7 Å². The van der Waals surface area contributed by atoms with Gasteiger partial charge in [-0.3, -0.25) is 5.01 Å². The second-order valence-corrected chi connectivity index (χ2v) is 4.93. The molecule has 3 heteroatoms. The van der Waals surface area contributed by atoms with Gasteiger partial charge in [0.2, 0.25) is 0 Å². The summed E-state index contributed by atoms with van der Waals surface area (Å²) < 4.78 is 0. The van der Waals surface area contributed by atoms with Crippen LogP contribution in [0.3, 0.4) is 0 Å². The average Bonchev–Trinajstić information content (AvgIpc) is 2.25. The molecule has 0 aliphatic heterocycles. The van der Waals surface area contributed by atoms with Gasteiger partial charge in [0, 0.05) is 19.8 Å². The number of rotatable bonds is 9. The predicted molar refractivity (Wildman–Crippen MR) is 77.2 cm³/mol. The molecule has 0 N–H and O–H groups in total. The highest BCUT2D eigenvalue weighted by Crippen LogP contribution is 2.04. The fourth-order valence-corrected chi connectivity index (χ4v) is 1.46. The molecule has 0 bridgehead atoms. The molecule has 0 saturated heterocycles. The molecule has 0 aliphatic rings. The van der Waals surface area contributed by atoms with Gasteiger partial charge in [-0.1, -0.05) is 27.0 Å². The normalized spacial score (nSPS) is 11.4. The Kier molecular flexibility index (Phi) is 8.42. The fraction of sp³-hybridized carbons (Fsp3) is 0.643. The minimum Gasteiger partial charge on any atom is -0.302 e. The first-order chi connectivity index (χ1) is 7.95. The number of hydrazone groups is 1. The van der Waals surface area contributed by atoms with Crippen molar-refractivity contribution in [2.24, 2.45) is 11.0 Å². The van der Waals surface area contributed by atoms with E-state index in [1.54, 1.807) is 17.4 Å². The van der Waals surface area contributed by atoms with Crippen LogP contribution >= 0.6 is 0 Å². The summed E-state index contributed by atoms with van der Waals surface area (Å²) in [4.78, 5) is 2.28. The van der Waals surface area contributed by atoms with Crippen molar-refractivity contribution >= 4 is 6.21 Å². The second kappa shape index (κ2) is 8.99. The van der Waals surface area contributed by atoms with Crippen LogP contribution in [0, 0.1) is 5.92 Å². The van der Waals surface area contributed by atoms with Crippen molar-refractivity contribution < 1.29 is 0 Å². The second-order valence-electron chi connectivity index (χ2n) is 4.93. The van der Waals surface area contributed by atoms with Gasteiger partial charge in [0.25, 0.3) is 0 Å². The fourth-order valence-electron chi connectivity index (χ4n) is 1.46. The summed E-state index contributed by atoms with van der Waals surface area (Å²) in [6.07, 6.45) is 5.98. The molecule has 0 spiro atoms. The summed E-state index contributed by atoms with van der Waals surface area (Å²) in [6.45, 7) is 14.1. The van der Waals surface area contributed by atoms with Gasteiger partial charge in [-0.15, -0.1) is 0 Å². The van der Waals surface area contributed by atoms with Gasteiger partial charge < -0.3 is 4.90 Å². The Morgan fingerprint density at radius 2 is 2.00 bits per heavy atom. The Balaban J connectivity index is 3.80. The van der Waals surface area contributed by atoms with E-state index in [2.05, 4.69) is 44.1 Å². The first-order valence-electron chi connectivity index (χ1n) is 6.21. The van der Waals surface area contributed by atoms with Crippen molar-refractivity contribution in [2.75, 3.05) is 27.2 Å². The van der Waals surface area contributed by atoms with E-state index in [-0.39, 0.29) is 0 Å². The lowest BCUT2D eigenvalue weighted by molar-refractivity contribution is 0.345. The van der Waals surface area contributed by atoms with Crippen LogP contribution in [0.25, 0.3) is 0 Å². The van der Waals surface area contributed by atoms with Crippen molar-refractivity contribution in [3.63, 3.8) is 0 Å². The smallest absolute Gasteiger partial charge is 0.0513 e. The lowest BCUT2D eigenvalue weighted by atomic mass is 10.1. The van der Waals surface area contributed by atoms with E-state index < -0.39 is 0 Å². The van der Waals surface area contributed by atoms with Gasteiger partial charge in [0.1, 0.15) is 0 Å². The molecule has 17 heavy (non-hydrogen) atoms. The molecule has 0 rings (SSSR count). The maximum absolute atomic E-state index is 4.17. The standard InChI is InChI=1S/C14H27N3/c1-7-17(6)15-11-14(4)12-16(5)10-8-9-13(2)3/h7,11,13H,1,4,8-10,12H2,2-3,5-6H3/b15-11-. The zero-order chi connectivity index (χ0) is 13.3. The van der Waals surface area contributed by atoms with Crippen LogP contribution in [0.15, 0.2) is 30.0 Å². The first-order valence-corrected chi connectivity index (χ1v) is 6.21. The highest BCUT2D eigenvalue weighted by atomic mass is 15.4. The third-order valence-corrected chi connectivity index (χ3v) is 2.48. The largest absolute Gasteiger partial charge is 0.302 e. The Morgan fingerprint density at radius 3 is 2.53 bits per heavy atom. The van der Waals surface area contributed by atoms with Crippen LogP contribution < -0.4 is 0 Å². The van der Waals surface area contributed by atoms with Crippen molar-refractivity contribution in [3.05, 3.63) is 24.9 Å². The van der Waals surface area contributed by atoms with Crippen molar-refractivity contribution in [2.45, 2.75) is 26.7 Å². The van der Waals surface area contributed by atoms with Gasteiger partial charge in [0.15, 0.2) is 0 Å². The Morgan fingerprint density at radius 1 is 1.35 bits per heavy atom. The molecule has 0 heterocycles. The van der Waals surface area contributed by atoms with Crippen molar-refractivity contribution in [3.8, 4) is 0 Å². The predicted octanol–water partition coefficient (Wildman–Crippen LogP) is 2.97. The van der Waals surface area contributed by atoms with E-state index in [9.17, 15) is 0 Å². The van der Waals surface area contributed by atoms with Gasteiger partial charge >= 0.3 is 0 Å². The Bertz CT molecular complexity index is 256. The monoisotopic (exact) mass is 237 g/mol. The van der Waals surface area contributed by atoms with Crippen LogP contribution in [0.2, 0.25) is 0 Å².